The van der Waals surface area contributed by atoms with E-state index in [1.807, 2.05) is 44.2 Å². The first-order valence-corrected chi connectivity index (χ1v) is 23.6. The van der Waals surface area contributed by atoms with Gasteiger partial charge in [0.25, 0.3) is 11.8 Å². The maximum Gasteiger partial charge on any atom is 0.409 e. The number of benzene rings is 4. The highest BCUT2D eigenvalue weighted by atomic mass is 16.7. The Labute approximate surface area is 418 Å². The second kappa shape index (κ2) is 29.8. The van der Waals surface area contributed by atoms with Gasteiger partial charge in [-0.15, -0.1) is 0 Å². The van der Waals surface area contributed by atoms with E-state index in [4.69, 9.17) is 47.5 Å². The first-order chi connectivity index (χ1) is 34.8. The average molecular weight is 1010 g/mol. The lowest BCUT2D eigenvalue weighted by Gasteiger charge is -2.31. The molecule has 4 aromatic carbocycles. The number of nitrogens with zero attached hydrogens (tertiary/aromatic N) is 3. The molecule has 3 unspecified atom stereocenters. The van der Waals surface area contributed by atoms with Gasteiger partial charge in [0, 0.05) is 55.9 Å². The summed E-state index contributed by atoms with van der Waals surface area (Å²) >= 11 is 0. The summed E-state index contributed by atoms with van der Waals surface area (Å²) in [6.45, 7) is 11.5. The molecule has 2 aliphatic heterocycles. The minimum absolute atomic E-state index is 0.00508. The number of hydrogen-bond donors (Lipinski definition) is 3. The molecular formula is C51H66N4O17. The molecule has 0 bridgehead atoms. The molecule has 1 fully saturated rings. The predicted molar refractivity (Wildman–Crippen MR) is 262 cm³/mol. The van der Waals surface area contributed by atoms with Crippen LogP contribution in [0.15, 0.2) is 65.8 Å². The number of amides is 4. The Hall–Kier alpha value is -6.46. The van der Waals surface area contributed by atoms with Gasteiger partial charge in [-0.05, 0) is 73.0 Å². The van der Waals surface area contributed by atoms with Gasteiger partial charge in [0.05, 0.1) is 90.6 Å². The molecule has 0 spiro atoms. The third-order valence-corrected chi connectivity index (χ3v) is 11.0. The lowest BCUT2D eigenvalue weighted by Crippen LogP contribution is -2.45. The van der Waals surface area contributed by atoms with Crippen LogP contribution in [0.4, 0.5) is 4.79 Å². The Morgan fingerprint density at radius 1 is 0.833 bits per heavy atom. The van der Waals surface area contributed by atoms with Gasteiger partial charge in [-0.2, -0.15) is 0 Å². The van der Waals surface area contributed by atoms with E-state index < -0.39 is 42.4 Å². The molecular weight excluding hydrogens is 941 g/mol. The summed E-state index contributed by atoms with van der Waals surface area (Å²) in [5, 5.41) is 28.4. The minimum Gasteiger partial charge on any atom is -0.496 e. The van der Waals surface area contributed by atoms with Crippen LogP contribution in [0.25, 0.3) is 21.5 Å². The fourth-order valence-electron chi connectivity index (χ4n) is 7.52. The van der Waals surface area contributed by atoms with Crippen molar-refractivity contribution in [3.63, 3.8) is 0 Å². The summed E-state index contributed by atoms with van der Waals surface area (Å²) in [7, 11) is 3.07. The number of nitrogens with one attached hydrogen (secondary N) is 1. The van der Waals surface area contributed by atoms with Crippen molar-refractivity contribution in [1.29, 1.82) is 0 Å². The number of hydrogen-bond acceptors (Lipinski definition) is 17. The van der Waals surface area contributed by atoms with Crippen molar-refractivity contribution in [2.75, 3.05) is 106 Å². The smallest absolute Gasteiger partial charge is 0.409 e. The summed E-state index contributed by atoms with van der Waals surface area (Å²) in [6, 6.07) is 17.9. The van der Waals surface area contributed by atoms with E-state index in [-0.39, 0.29) is 32.5 Å². The maximum absolute atomic E-state index is 13.8. The summed E-state index contributed by atoms with van der Waals surface area (Å²) in [4.78, 5) is 69.0. The molecule has 4 amide bonds. The van der Waals surface area contributed by atoms with Crippen molar-refractivity contribution in [1.82, 2.24) is 15.1 Å². The molecule has 3 atom stereocenters. The molecule has 1 saturated heterocycles. The number of aliphatic hydroxyl groups is 1. The van der Waals surface area contributed by atoms with Crippen LogP contribution in [-0.2, 0) is 54.2 Å². The molecule has 0 aliphatic carbocycles. The number of carbonyl (C=O) groups is 5. The van der Waals surface area contributed by atoms with Crippen molar-refractivity contribution < 1.29 is 81.7 Å². The van der Waals surface area contributed by atoms with Crippen LogP contribution in [0, 0.1) is 6.92 Å². The first-order valence-electron chi connectivity index (χ1n) is 23.6. The number of likely N-dealkylation sites (N-methyl/N-ethyl adjacent to an activating group) is 1. The van der Waals surface area contributed by atoms with Crippen LogP contribution in [0.5, 0.6) is 11.5 Å². The molecule has 0 aromatic heterocycles. The zero-order valence-corrected chi connectivity index (χ0v) is 41.5. The van der Waals surface area contributed by atoms with Gasteiger partial charge in [0.2, 0.25) is 12.7 Å². The second-order valence-corrected chi connectivity index (χ2v) is 16.7. The molecule has 21 heteroatoms. The van der Waals surface area contributed by atoms with E-state index in [9.17, 15) is 34.2 Å². The van der Waals surface area contributed by atoms with E-state index in [0.717, 1.165) is 21.4 Å². The van der Waals surface area contributed by atoms with Crippen molar-refractivity contribution >= 4 is 57.5 Å². The van der Waals surface area contributed by atoms with Crippen LogP contribution in [0.2, 0.25) is 0 Å². The third-order valence-electron chi connectivity index (χ3n) is 11.0. The largest absolute Gasteiger partial charge is 0.496 e. The van der Waals surface area contributed by atoms with Gasteiger partial charge < -0.3 is 67.9 Å². The fourth-order valence-corrected chi connectivity index (χ4v) is 7.52. The number of aryl methyl sites for hydroxylation is 1. The van der Waals surface area contributed by atoms with Gasteiger partial charge >= 0.3 is 12.1 Å². The summed E-state index contributed by atoms with van der Waals surface area (Å²) in [5.41, 5.74) is 3.07. The average Bonchev–Trinajstić information content (AvgIpc) is 3.36. The standard InChI is InChI=1S/C35H34N2O10.C16H32N2O7/c1-19-14-20(8-10-26(19)46-29-17-22(38)16-28(47-29)34(41)42)18-45-35(43)36(2)12-13-37-32(39)24-9-11-27(44-3)25-15-21-6-4-5-7-23(21)31(30(24)25)33(37)40;1-16(2)18-25-14-13-24-12-11-23-10-9-22-8-7-21-6-5-20-4-3-17-15-19/h4-11,14-15,22,28-29,38H,12-13,16-18H2,1-3H3,(H,41,42);15H,3-14H2,1-2H3,(H,17,19). The SMILES string of the molecule is CC(C)=NOCCOCCOCCOCCOCCOCCNC=O.COc1ccc2c3c(c4ccccc4cc13)C(=O)N(CCN(C)C(=O)OCc1ccc(OC3CC(O)CC(C(=O)O)O3)c(C)c1)C2=O. The van der Waals surface area contributed by atoms with Crippen molar-refractivity contribution in [3.8, 4) is 11.5 Å². The number of carbonyl (C=O) groups excluding carboxylic acids is 4. The Bertz CT molecular complexity index is 2450. The number of ether oxygens (including phenoxy) is 9. The predicted octanol–water partition coefficient (Wildman–Crippen LogP) is 4.73. The molecule has 4 aromatic rings. The molecule has 6 rings (SSSR count). The number of aliphatic hydroxyl groups excluding tert-OH is 1. The maximum atomic E-state index is 13.8. The number of carboxylic acids is 1. The third kappa shape index (κ3) is 17.1. The monoisotopic (exact) mass is 1010 g/mol. The van der Waals surface area contributed by atoms with Gasteiger partial charge in [-0.3, -0.25) is 19.3 Å². The van der Waals surface area contributed by atoms with E-state index in [2.05, 4.69) is 10.5 Å². The Morgan fingerprint density at radius 2 is 1.47 bits per heavy atom. The summed E-state index contributed by atoms with van der Waals surface area (Å²) in [5.74, 6) is -1.04. The highest BCUT2D eigenvalue weighted by Crippen LogP contribution is 2.40. The molecule has 72 heavy (non-hydrogen) atoms. The van der Waals surface area contributed by atoms with E-state index in [1.165, 1.54) is 11.9 Å². The van der Waals surface area contributed by atoms with Crippen LogP contribution in [0.3, 0.4) is 0 Å². The summed E-state index contributed by atoms with van der Waals surface area (Å²) < 4.78 is 48.9. The van der Waals surface area contributed by atoms with Crippen LogP contribution < -0.4 is 14.8 Å². The Morgan fingerprint density at radius 3 is 2.10 bits per heavy atom. The molecule has 3 N–H and O–H groups in total. The van der Waals surface area contributed by atoms with Crippen LogP contribution in [-0.4, -0.2) is 181 Å². The number of fused-ring (bicyclic) bond motifs is 2. The van der Waals surface area contributed by atoms with E-state index >= 15 is 0 Å². The van der Waals surface area contributed by atoms with Crippen LogP contribution in [0.1, 0.15) is 58.5 Å². The van der Waals surface area contributed by atoms with E-state index in [1.54, 1.807) is 44.4 Å². The van der Waals surface area contributed by atoms with Crippen molar-refractivity contribution in [2.24, 2.45) is 5.16 Å². The highest BCUT2D eigenvalue weighted by molar-refractivity contribution is 6.31. The molecule has 392 valence electrons. The molecule has 0 radical (unpaired) electrons. The topological polar surface area (TPSA) is 249 Å². The quantitative estimate of drug-likeness (QED) is 0.0166. The number of oxime groups is 1. The molecule has 2 heterocycles. The van der Waals surface area contributed by atoms with Gasteiger partial charge in [0.15, 0.2) is 6.10 Å². The number of carboxylic acid groups (broad SMARTS) is 1. The number of rotatable bonds is 29. The molecule has 2 aliphatic rings. The minimum atomic E-state index is -1.16. The molecule has 21 nitrogen and oxygen atoms in total. The molecule has 0 saturated carbocycles. The zero-order valence-electron chi connectivity index (χ0n) is 41.5. The fraction of sp³-hybridized carbons (Fsp3) is 0.490. The van der Waals surface area contributed by atoms with E-state index in [0.29, 0.717) is 130 Å². The summed E-state index contributed by atoms with van der Waals surface area (Å²) in [6.07, 6.45) is -2.79. The first kappa shape index (κ1) is 56.5. The number of aliphatic carboxylic acids is 1. The van der Waals surface area contributed by atoms with Crippen molar-refractivity contribution in [2.45, 2.75) is 58.7 Å². The van der Waals surface area contributed by atoms with Crippen LogP contribution >= 0.6 is 0 Å². The number of imide groups is 1. The zero-order chi connectivity index (χ0) is 51.8. The lowest BCUT2D eigenvalue weighted by atomic mass is 9.89. The van der Waals surface area contributed by atoms with Gasteiger partial charge in [-0.1, -0.05) is 35.5 Å². The lowest BCUT2D eigenvalue weighted by molar-refractivity contribution is -0.195. The normalized spacial score (nSPS) is 16.1. The second-order valence-electron chi connectivity index (χ2n) is 16.7. The van der Waals surface area contributed by atoms with Crippen molar-refractivity contribution in [3.05, 3.63) is 82.9 Å². The Kier molecular flexibility index (Phi) is 23.4. The highest BCUT2D eigenvalue weighted by Gasteiger charge is 2.36. The number of methoxy groups -OCH3 is 1. The van der Waals surface area contributed by atoms with Gasteiger partial charge in [0.1, 0.15) is 24.7 Å². The van der Waals surface area contributed by atoms with Gasteiger partial charge in [-0.25, -0.2) is 9.59 Å². The Balaban J connectivity index is 0.000000328.